The fourth-order valence-electron chi connectivity index (χ4n) is 1.67. The van der Waals surface area contributed by atoms with Crippen LogP contribution in [-0.2, 0) is 6.42 Å². The van der Waals surface area contributed by atoms with Crippen molar-refractivity contribution in [1.29, 1.82) is 0 Å². The first-order valence-corrected chi connectivity index (χ1v) is 6.56. The van der Waals surface area contributed by atoms with Gasteiger partial charge in [0.15, 0.2) is 0 Å². The molecule has 0 aliphatic rings. The van der Waals surface area contributed by atoms with Gasteiger partial charge in [0.05, 0.1) is 5.56 Å². The van der Waals surface area contributed by atoms with Crippen molar-refractivity contribution in [2.24, 2.45) is 0 Å². The number of nitrogens with zero attached hydrogens (tertiary/aromatic N) is 1. The van der Waals surface area contributed by atoms with Crippen molar-refractivity contribution >= 4 is 23.1 Å². The average molecular weight is 262 g/mol. The van der Waals surface area contributed by atoms with Crippen molar-refractivity contribution in [1.82, 2.24) is 4.98 Å². The maximum absolute atomic E-state index is 10.7. The molecule has 2 N–H and O–H groups in total. The Hall–Kier alpha value is -1.88. The van der Waals surface area contributed by atoms with E-state index in [-0.39, 0.29) is 11.6 Å². The first-order valence-electron chi connectivity index (χ1n) is 5.62. The molecule has 2 rings (SSSR count). The van der Waals surface area contributed by atoms with Crippen LogP contribution in [-0.4, -0.2) is 22.1 Å². The zero-order valence-electron chi connectivity index (χ0n) is 9.96. The van der Waals surface area contributed by atoms with Crippen LogP contribution in [0.15, 0.2) is 35.2 Å². The van der Waals surface area contributed by atoms with E-state index in [1.54, 1.807) is 23.5 Å². The summed E-state index contributed by atoms with van der Waals surface area (Å²) in [6, 6.07) is 5.59. The van der Waals surface area contributed by atoms with Crippen molar-refractivity contribution in [3.8, 4) is 0 Å². The highest BCUT2D eigenvalue weighted by Gasteiger charge is 2.06. The van der Waals surface area contributed by atoms with Crippen molar-refractivity contribution in [3.63, 3.8) is 0 Å². The molecule has 94 valence electrons. The molecular weight excluding hydrogens is 248 g/mol. The number of carboxylic acids is 1. The molecule has 0 spiro atoms. The predicted octanol–water partition coefficient (Wildman–Crippen LogP) is 2.88. The van der Waals surface area contributed by atoms with Gasteiger partial charge in [-0.3, -0.25) is 0 Å². The molecule has 0 saturated heterocycles. The van der Waals surface area contributed by atoms with Gasteiger partial charge in [-0.25, -0.2) is 9.78 Å². The van der Waals surface area contributed by atoms with Gasteiger partial charge in [-0.2, -0.15) is 11.3 Å². The van der Waals surface area contributed by atoms with Crippen LogP contribution in [0.4, 0.5) is 5.82 Å². The second kappa shape index (κ2) is 5.64. The number of carbonyl (C=O) groups is 1. The fraction of sp³-hybridized carbons (Fsp3) is 0.231. The zero-order chi connectivity index (χ0) is 13.0. The highest BCUT2D eigenvalue weighted by molar-refractivity contribution is 7.07. The van der Waals surface area contributed by atoms with E-state index in [1.807, 2.05) is 0 Å². The summed E-state index contributed by atoms with van der Waals surface area (Å²) in [5.41, 5.74) is 1.49. The van der Waals surface area contributed by atoms with Crippen molar-refractivity contribution in [3.05, 3.63) is 46.3 Å². The van der Waals surface area contributed by atoms with E-state index in [4.69, 9.17) is 5.11 Å². The van der Waals surface area contributed by atoms with Crippen molar-refractivity contribution < 1.29 is 9.90 Å². The number of rotatable bonds is 5. The molecule has 0 saturated carbocycles. The van der Waals surface area contributed by atoms with E-state index < -0.39 is 5.97 Å². The topological polar surface area (TPSA) is 62.2 Å². The maximum Gasteiger partial charge on any atom is 0.337 e. The number of carboxylic acid groups (broad SMARTS) is 1. The van der Waals surface area contributed by atoms with Gasteiger partial charge in [-0.1, -0.05) is 0 Å². The largest absolute Gasteiger partial charge is 0.478 e. The van der Waals surface area contributed by atoms with E-state index in [0.29, 0.717) is 5.82 Å². The summed E-state index contributed by atoms with van der Waals surface area (Å²) in [4.78, 5) is 14.8. The van der Waals surface area contributed by atoms with Crippen LogP contribution in [0.3, 0.4) is 0 Å². The first kappa shape index (κ1) is 12.6. The molecule has 0 amide bonds. The predicted molar refractivity (Wildman–Crippen MR) is 72.3 cm³/mol. The third kappa shape index (κ3) is 3.30. The minimum atomic E-state index is -0.958. The van der Waals surface area contributed by atoms with Crippen LogP contribution >= 0.6 is 11.3 Å². The Bertz CT molecular complexity index is 508. The Morgan fingerprint density at radius 1 is 1.50 bits per heavy atom. The monoisotopic (exact) mass is 262 g/mol. The molecule has 0 bridgehead atoms. The molecule has 1 unspecified atom stereocenters. The smallest absolute Gasteiger partial charge is 0.337 e. The van der Waals surface area contributed by atoms with Gasteiger partial charge >= 0.3 is 5.97 Å². The number of anilines is 1. The number of hydrogen-bond acceptors (Lipinski definition) is 4. The second-order valence-corrected chi connectivity index (χ2v) is 4.90. The number of aromatic nitrogens is 1. The standard InChI is InChI=1S/C13H14N2O2S/c1-9(6-10-4-5-18-8-10)15-12-3-2-11(7-14-12)13(16)17/h2-5,7-9H,6H2,1H3,(H,14,15)(H,16,17). The Morgan fingerprint density at radius 2 is 2.33 bits per heavy atom. The van der Waals surface area contributed by atoms with Gasteiger partial charge in [0.1, 0.15) is 5.82 Å². The maximum atomic E-state index is 10.7. The lowest BCUT2D eigenvalue weighted by molar-refractivity contribution is 0.0696. The average Bonchev–Trinajstić information content (AvgIpc) is 2.82. The van der Waals surface area contributed by atoms with Gasteiger partial charge < -0.3 is 10.4 Å². The molecule has 0 aromatic carbocycles. The Morgan fingerprint density at radius 3 is 2.89 bits per heavy atom. The van der Waals surface area contributed by atoms with E-state index in [2.05, 4.69) is 34.1 Å². The van der Waals surface area contributed by atoms with Gasteiger partial charge in [0.25, 0.3) is 0 Å². The first-order chi connectivity index (χ1) is 8.65. The fourth-order valence-corrected chi connectivity index (χ4v) is 2.35. The van der Waals surface area contributed by atoms with E-state index >= 15 is 0 Å². The lowest BCUT2D eigenvalue weighted by Crippen LogP contribution is -2.18. The van der Waals surface area contributed by atoms with Gasteiger partial charge in [0.2, 0.25) is 0 Å². The lowest BCUT2D eigenvalue weighted by Gasteiger charge is -2.13. The molecule has 4 nitrogen and oxygen atoms in total. The third-order valence-corrected chi connectivity index (χ3v) is 3.26. The lowest BCUT2D eigenvalue weighted by atomic mass is 10.1. The summed E-state index contributed by atoms with van der Waals surface area (Å²) in [6.07, 6.45) is 2.29. The molecule has 1 atom stereocenters. The molecule has 0 fully saturated rings. The van der Waals surface area contributed by atoms with Gasteiger partial charge in [-0.05, 0) is 47.9 Å². The SMILES string of the molecule is CC(Cc1ccsc1)Nc1ccc(C(=O)O)cn1. The number of aromatic carboxylic acids is 1. The number of hydrogen-bond donors (Lipinski definition) is 2. The molecular formula is C13H14N2O2S. The summed E-state index contributed by atoms with van der Waals surface area (Å²) in [5, 5.41) is 16.2. The summed E-state index contributed by atoms with van der Waals surface area (Å²) in [6.45, 7) is 2.07. The molecule has 18 heavy (non-hydrogen) atoms. The van der Waals surface area contributed by atoms with Crippen LogP contribution in [0.5, 0.6) is 0 Å². The number of pyridine rings is 1. The normalized spacial score (nSPS) is 12.1. The van der Waals surface area contributed by atoms with E-state index in [9.17, 15) is 4.79 Å². The zero-order valence-corrected chi connectivity index (χ0v) is 10.8. The Balaban J connectivity index is 1.94. The molecule has 2 aromatic rings. The van der Waals surface area contributed by atoms with Crippen LogP contribution in [0.2, 0.25) is 0 Å². The Kier molecular flexibility index (Phi) is 3.94. The minimum absolute atomic E-state index is 0.200. The molecule has 5 heteroatoms. The number of thiophene rings is 1. The highest BCUT2D eigenvalue weighted by Crippen LogP contribution is 2.12. The molecule has 0 radical (unpaired) electrons. The molecule has 2 heterocycles. The third-order valence-electron chi connectivity index (χ3n) is 2.53. The second-order valence-electron chi connectivity index (χ2n) is 4.12. The van der Waals surface area contributed by atoms with Crippen LogP contribution in [0.25, 0.3) is 0 Å². The highest BCUT2D eigenvalue weighted by atomic mass is 32.1. The van der Waals surface area contributed by atoms with Gasteiger partial charge in [-0.15, -0.1) is 0 Å². The summed E-state index contributed by atoms with van der Waals surface area (Å²) in [5.74, 6) is -0.261. The number of nitrogens with one attached hydrogen (secondary N) is 1. The van der Waals surface area contributed by atoms with Crippen molar-refractivity contribution in [2.45, 2.75) is 19.4 Å². The van der Waals surface area contributed by atoms with E-state index in [1.165, 1.54) is 11.8 Å². The van der Waals surface area contributed by atoms with Gasteiger partial charge in [0, 0.05) is 12.2 Å². The van der Waals surface area contributed by atoms with Crippen LogP contribution in [0, 0.1) is 0 Å². The summed E-state index contributed by atoms with van der Waals surface area (Å²) in [7, 11) is 0. The molecule has 2 aromatic heterocycles. The Labute approximate surface area is 109 Å². The molecule has 0 aliphatic carbocycles. The summed E-state index contributed by atoms with van der Waals surface area (Å²) < 4.78 is 0. The molecule has 0 aliphatic heterocycles. The van der Waals surface area contributed by atoms with Crippen LogP contribution < -0.4 is 5.32 Å². The van der Waals surface area contributed by atoms with Crippen LogP contribution in [0.1, 0.15) is 22.8 Å². The van der Waals surface area contributed by atoms with Crippen molar-refractivity contribution in [2.75, 3.05) is 5.32 Å². The quantitative estimate of drug-likeness (QED) is 0.869. The van der Waals surface area contributed by atoms with E-state index in [0.717, 1.165) is 6.42 Å². The summed E-state index contributed by atoms with van der Waals surface area (Å²) >= 11 is 1.68. The minimum Gasteiger partial charge on any atom is -0.478 e.